The molecule has 0 fully saturated rings. The van der Waals surface area contributed by atoms with Crippen molar-refractivity contribution in [1.29, 1.82) is 0 Å². The van der Waals surface area contributed by atoms with E-state index in [0.717, 1.165) is 13.0 Å². The van der Waals surface area contributed by atoms with Crippen molar-refractivity contribution in [2.24, 2.45) is 10.3 Å². The van der Waals surface area contributed by atoms with Crippen LogP contribution in [0.3, 0.4) is 0 Å². The van der Waals surface area contributed by atoms with Crippen LogP contribution in [0.15, 0.2) is 29.1 Å². The summed E-state index contributed by atoms with van der Waals surface area (Å²) in [5, 5.41) is 7.92. The largest absolute Gasteiger partial charge is 0.243 e. The summed E-state index contributed by atoms with van der Waals surface area (Å²) in [6.07, 6.45) is 8.65. The number of imidazole rings is 1. The number of hydrogen-bond donors (Lipinski definition) is 0. The first kappa shape index (κ1) is 8.90. The van der Waals surface area contributed by atoms with Gasteiger partial charge in [-0.2, -0.15) is 5.11 Å². The average Bonchev–Trinajstić information content (AvgIpc) is 2.57. The van der Waals surface area contributed by atoms with Gasteiger partial charge in [0, 0.05) is 6.20 Å². The van der Waals surface area contributed by atoms with Crippen LogP contribution >= 0.6 is 0 Å². The van der Waals surface area contributed by atoms with Crippen LogP contribution < -0.4 is 0 Å². The zero-order valence-electron chi connectivity index (χ0n) is 7.35. The van der Waals surface area contributed by atoms with E-state index in [1.807, 2.05) is 0 Å². The highest BCUT2D eigenvalue weighted by molar-refractivity contribution is 4.71. The first-order valence-electron chi connectivity index (χ1n) is 4.29. The molecule has 0 aliphatic carbocycles. The zero-order valence-corrected chi connectivity index (χ0v) is 7.35. The minimum absolute atomic E-state index is 0.812. The molecule has 0 bridgehead atoms. The molecule has 0 aromatic carbocycles. The summed E-state index contributed by atoms with van der Waals surface area (Å²) < 4.78 is 1.60. The van der Waals surface area contributed by atoms with Gasteiger partial charge >= 0.3 is 0 Å². The van der Waals surface area contributed by atoms with Gasteiger partial charge in [-0.3, -0.25) is 0 Å². The lowest BCUT2D eigenvalue weighted by Gasteiger charge is -1.91. The van der Waals surface area contributed by atoms with E-state index in [9.17, 15) is 0 Å². The van der Waals surface area contributed by atoms with Crippen LogP contribution in [0, 0.1) is 0 Å². The molecule has 1 heterocycles. The van der Waals surface area contributed by atoms with Gasteiger partial charge in [0.05, 0.1) is 12.7 Å². The summed E-state index contributed by atoms with van der Waals surface area (Å²) in [5.74, 6) is 0. The predicted molar refractivity (Wildman–Crippen MR) is 46.9 cm³/mol. The Morgan fingerprint density at radius 1 is 1.42 bits per heavy atom. The third-order valence-corrected chi connectivity index (χ3v) is 1.52. The maximum Gasteiger partial charge on any atom is 0.118 e. The number of nitrogens with zero attached hydrogens (tertiary/aromatic N) is 4. The van der Waals surface area contributed by atoms with Gasteiger partial charge in [-0.25, -0.2) is 9.66 Å². The smallest absolute Gasteiger partial charge is 0.118 e. The molecule has 1 rings (SSSR count). The second-order valence-electron chi connectivity index (χ2n) is 2.60. The lowest BCUT2D eigenvalue weighted by molar-refractivity contribution is 0.675. The summed E-state index contributed by atoms with van der Waals surface area (Å²) in [4.78, 5) is 3.85. The second kappa shape index (κ2) is 5.46. The number of unbranched alkanes of at least 4 members (excludes halogenated alkanes) is 2. The molecule has 66 valence electrons. The molecule has 0 spiro atoms. The molecule has 0 unspecified atom stereocenters. The molecule has 1 aromatic heterocycles. The predicted octanol–water partition coefficient (Wildman–Crippen LogP) is 2.29. The Hall–Kier alpha value is -1.19. The van der Waals surface area contributed by atoms with Crippen LogP contribution in [-0.4, -0.2) is 16.2 Å². The van der Waals surface area contributed by atoms with Crippen molar-refractivity contribution in [1.82, 2.24) is 9.66 Å². The van der Waals surface area contributed by atoms with E-state index < -0.39 is 0 Å². The van der Waals surface area contributed by atoms with Gasteiger partial charge in [0.2, 0.25) is 0 Å². The molecule has 0 saturated carbocycles. The molecule has 1 aromatic rings. The fourth-order valence-corrected chi connectivity index (χ4v) is 0.855. The maximum atomic E-state index is 4.00. The highest BCUT2D eigenvalue weighted by atomic mass is 15.5. The van der Waals surface area contributed by atoms with Crippen molar-refractivity contribution in [2.45, 2.75) is 26.2 Å². The standard InChI is InChI=1S/C8H14N4/c1-2-3-4-5-10-11-12-7-6-9-8-12/h6-8H,2-5H2,1H3/b11-10+. The molecule has 0 radical (unpaired) electrons. The maximum absolute atomic E-state index is 4.00. The van der Waals surface area contributed by atoms with Gasteiger partial charge in [0.25, 0.3) is 0 Å². The van der Waals surface area contributed by atoms with Crippen molar-refractivity contribution < 1.29 is 0 Å². The van der Waals surface area contributed by atoms with Gasteiger partial charge in [-0.15, -0.1) is 0 Å². The van der Waals surface area contributed by atoms with Gasteiger partial charge in [-0.1, -0.05) is 25.0 Å². The van der Waals surface area contributed by atoms with Gasteiger partial charge < -0.3 is 0 Å². The fraction of sp³-hybridized carbons (Fsp3) is 0.625. The number of aromatic nitrogens is 2. The molecule has 4 nitrogen and oxygen atoms in total. The third-order valence-electron chi connectivity index (χ3n) is 1.52. The topological polar surface area (TPSA) is 42.5 Å². The fourth-order valence-electron chi connectivity index (χ4n) is 0.855. The SMILES string of the molecule is CCCCC/N=N/n1ccnc1. The van der Waals surface area contributed by atoms with Crippen LogP contribution in [-0.2, 0) is 0 Å². The first-order chi connectivity index (χ1) is 5.93. The molecular formula is C8H14N4. The Balaban J connectivity index is 2.14. The summed E-state index contributed by atoms with van der Waals surface area (Å²) in [7, 11) is 0. The van der Waals surface area contributed by atoms with Crippen molar-refractivity contribution in [3.63, 3.8) is 0 Å². The molecular weight excluding hydrogens is 152 g/mol. The normalized spacial score (nSPS) is 11.1. The minimum atomic E-state index is 0.812. The monoisotopic (exact) mass is 166 g/mol. The van der Waals surface area contributed by atoms with Gasteiger partial charge in [-0.05, 0) is 6.42 Å². The van der Waals surface area contributed by atoms with E-state index in [1.165, 1.54) is 12.8 Å². The molecule has 0 aliphatic rings. The number of hydrogen-bond acceptors (Lipinski definition) is 3. The minimum Gasteiger partial charge on any atom is -0.243 e. The van der Waals surface area contributed by atoms with Gasteiger partial charge in [0.1, 0.15) is 6.33 Å². The molecule has 4 heteroatoms. The highest BCUT2D eigenvalue weighted by Gasteiger charge is 1.84. The molecule has 0 aliphatic heterocycles. The van der Waals surface area contributed by atoms with Crippen molar-refractivity contribution >= 4 is 0 Å². The quantitative estimate of drug-likeness (QED) is 0.488. The Labute approximate surface area is 72.3 Å². The van der Waals surface area contributed by atoms with E-state index in [2.05, 4.69) is 22.2 Å². The van der Waals surface area contributed by atoms with Crippen molar-refractivity contribution in [3.8, 4) is 0 Å². The summed E-state index contributed by atoms with van der Waals surface area (Å²) >= 11 is 0. The average molecular weight is 166 g/mol. The van der Waals surface area contributed by atoms with Crippen LogP contribution in [0.1, 0.15) is 26.2 Å². The van der Waals surface area contributed by atoms with Crippen LogP contribution in [0.4, 0.5) is 0 Å². The molecule has 12 heavy (non-hydrogen) atoms. The van der Waals surface area contributed by atoms with Crippen LogP contribution in [0.25, 0.3) is 0 Å². The Morgan fingerprint density at radius 3 is 3.00 bits per heavy atom. The number of rotatable bonds is 5. The van der Waals surface area contributed by atoms with Crippen LogP contribution in [0.2, 0.25) is 0 Å². The van der Waals surface area contributed by atoms with Crippen LogP contribution in [0.5, 0.6) is 0 Å². The van der Waals surface area contributed by atoms with E-state index in [4.69, 9.17) is 0 Å². The summed E-state index contributed by atoms with van der Waals surface area (Å²) in [6, 6.07) is 0. The van der Waals surface area contributed by atoms with E-state index >= 15 is 0 Å². The Bertz CT molecular complexity index is 215. The van der Waals surface area contributed by atoms with E-state index in [-0.39, 0.29) is 0 Å². The van der Waals surface area contributed by atoms with Crippen molar-refractivity contribution in [2.75, 3.05) is 6.54 Å². The Kier molecular flexibility index (Phi) is 4.05. The first-order valence-corrected chi connectivity index (χ1v) is 4.29. The van der Waals surface area contributed by atoms with Gasteiger partial charge in [0.15, 0.2) is 0 Å². The summed E-state index contributed by atoms with van der Waals surface area (Å²) in [6.45, 7) is 2.99. The van der Waals surface area contributed by atoms with Crippen molar-refractivity contribution in [3.05, 3.63) is 18.7 Å². The molecule has 0 N–H and O–H groups in total. The molecule has 0 atom stereocenters. The van der Waals surface area contributed by atoms with E-state index in [0.29, 0.717) is 0 Å². The second-order valence-corrected chi connectivity index (χ2v) is 2.60. The highest BCUT2D eigenvalue weighted by Crippen LogP contribution is 1.94. The Morgan fingerprint density at radius 2 is 2.33 bits per heavy atom. The zero-order chi connectivity index (χ0) is 8.65. The molecule has 0 saturated heterocycles. The third kappa shape index (κ3) is 3.27. The lowest BCUT2D eigenvalue weighted by Crippen LogP contribution is -1.83. The molecule has 0 amide bonds. The lowest BCUT2D eigenvalue weighted by atomic mass is 10.3. The summed E-state index contributed by atoms with van der Waals surface area (Å²) in [5.41, 5.74) is 0. The van der Waals surface area contributed by atoms with E-state index in [1.54, 1.807) is 23.4 Å².